The Morgan fingerprint density at radius 3 is 2.58 bits per heavy atom. The van der Waals surface area contributed by atoms with Crippen molar-refractivity contribution >= 4 is 12.0 Å². The molecule has 0 saturated heterocycles. The van der Waals surface area contributed by atoms with Gasteiger partial charge in [0.2, 0.25) is 5.91 Å². The minimum Gasteiger partial charge on any atom is -0.465 e. The number of benzene rings is 1. The number of amides is 2. The SMILES string of the molecule is C=CC(=O)N1CCc2nn(-c3ccc(C4CC4)cc3C(F)(F)F)c3c2C(C1)N(C(=O)O)CC3. The standard InChI is InChI=1S/C23H23F3N4O3/c1-2-20(31)28-9-7-16-21-18(8-10-29(22(32)33)19(21)12-28)30(27-16)17-6-5-14(13-3-4-13)11-15(17)23(24,25)26/h2,5-6,11,13,19H,1,3-4,7-10,12H2,(H,32,33). The molecule has 1 unspecified atom stereocenters. The zero-order valence-electron chi connectivity index (χ0n) is 17.8. The molecule has 7 nitrogen and oxygen atoms in total. The van der Waals surface area contributed by atoms with Crippen molar-refractivity contribution in [1.82, 2.24) is 19.6 Å². The Kier molecular flexibility index (Phi) is 4.98. The predicted octanol–water partition coefficient (Wildman–Crippen LogP) is 3.92. The number of carbonyl (C=O) groups excluding carboxylic acids is 1. The van der Waals surface area contributed by atoms with Crippen molar-refractivity contribution in [3.05, 3.63) is 58.9 Å². The summed E-state index contributed by atoms with van der Waals surface area (Å²) < 4.78 is 43.5. The van der Waals surface area contributed by atoms with Crippen molar-refractivity contribution in [2.24, 2.45) is 0 Å². The van der Waals surface area contributed by atoms with E-state index >= 15 is 0 Å². The van der Waals surface area contributed by atoms with E-state index in [1.54, 1.807) is 6.07 Å². The molecule has 1 fully saturated rings. The van der Waals surface area contributed by atoms with Gasteiger partial charge in [0.25, 0.3) is 0 Å². The van der Waals surface area contributed by atoms with E-state index in [9.17, 15) is 27.9 Å². The molecule has 1 aliphatic carbocycles. The summed E-state index contributed by atoms with van der Waals surface area (Å²) in [5.41, 5.74) is 1.62. The van der Waals surface area contributed by atoms with Crippen LogP contribution in [0.2, 0.25) is 0 Å². The van der Waals surface area contributed by atoms with Crippen molar-refractivity contribution in [1.29, 1.82) is 0 Å². The van der Waals surface area contributed by atoms with Crippen molar-refractivity contribution < 1.29 is 27.9 Å². The normalized spacial score (nSPS) is 20.3. The number of aromatic nitrogens is 2. The van der Waals surface area contributed by atoms with Gasteiger partial charge in [-0.3, -0.25) is 9.69 Å². The fraction of sp³-hybridized carbons (Fsp3) is 0.435. The van der Waals surface area contributed by atoms with Crippen LogP contribution in [0.15, 0.2) is 30.9 Å². The van der Waals surface area contributed by atoms with Crippen molar-refractivity contribution in [2.45, 2.75) is 43.8 Å². The smallest absolute Gasteiger partial charge is 0.418 e. The van der Waals surface area contributed by atoms with E-state index in [1.807, 2.05) is 0 Å². The molecule has 1 aromatic heterocycles. The van der Waals surface area contributed by atoms with Crippen LogP contribution in [0.3, 0.4) is 0 Å². The van der Waals surface area contributed by atoms with Gasteiger partial charge >= 0.3 is 12.3 Å². The molecule has 0 spiro atoms. The maximum Gasteiger partial charge on any atom is 0.418 e. The predicted molar refractivity (Wildman–Crippen MR) is 112 cm³/mol. The van der Waals surface area contributed by atoms with Crippen LogP contribution < -0.4 is 0 Å². The van der Waals surface area contributed by atoms with Gasteiger partial charge in [-0.1, -0.05) is 12.6 Å². The topological polar surface area (TPSA) is 78.7 Å². The molecule has 33 heavy (non-hydrogen) atoms. The molecule has 2 aliphatic heterocycles. The molecule has 0 bridgehead atoms. The third-order valence-corrected chi connectivity index (χ3v) is 6.74. The summed E-state index contributed by atoms with van der Waals surface area (Å²) in [6, 6.07) is 3.74. The molecule has 0 radical (unpaired) electrons. The zero-order chi connectivity index (χ0) is 23.5. The van der Waals surface area contributed by atoms with Crippen LogP contribution in [-0.2, 0) is 23.8 Å². The van der Waals surface area contributed by atoms with Crippen molar-refractivity contribution in [2.75, 3.05) is 19.6 Å². The number of halogens is 3. The number of alkyl halides is 3. The minimum absolute atomic E-state index is 0.0449. The Morgan fingerprint density at radius 1 is 1.18 bits per heavy atom. The van der Waals surface area contributed by atoms with Gasteiger partial charge < -0.3 is 10.0 Å². The average Bonchev–Trinajstić information content (AvgIpc) is 3.58. The molecule has 3 aliphatic rings. The molecule has 1 aromatic carbocycles. The summed E-state index contributed by atoms with van der Waals surface area (Å²) in [6.07, 6.45) is -2.17. The van der Waals surface area contributed by atoms with E-state index < -0.39 is 23.9 Å². The first-order chi connectivity index (χ1) is 15.7. The minimum atomic E-state index is -4.55. The summed E-state index contributed by atoms with van der Waals surface area (Å²) in [6.45, 7) is 4.00. The molecule has 1 atom stereocenters. The summed E-state index contributed by atoms with van der Waals surface area (Å²) in [5, 5.41) is 14.3. The Bertz CT molecular complexity index is 1150. The zero-order valence-corrected chi connectivity index (χ0v) is 17.8. The summed E-state index contributed by atoms with van der Waals surface area (Å²) >= 11 is 0. The second-order valence-corrected chi connectivity index (χ2v) is 8.75. The second kappa shape index (κ2) is 7.64. The lowest BCUT2D eigenvalue weighted by atomic mass is 9.96. The first-order valence-electron chi connectivity index (χ1n) is 10.9. The lowest BCUT2D eigenvalue weighted by Crippen LogP contribution is -2.45. The Hall–Kier alpha value is -3.30. The van der Waals surface area contributed by atoms with Crippen LogP contribution in [0.4, 0.5) is 18.0 Å². The van der Waals surface area contributed by atoms with Gasteiger partial charge in [-0.25, -0.2) is 9.48 Å². The third-order valence-electron chi connectivity index (χ3n) is 6.74. The Balaban J connectivity index is 1.64. The third kappa shape index (κ3) is 3.67. The molecule has 2 amide bonds. The number of rotatable bonds is 3. The van der Waals surface area contributed by atoms with E-state index in [0.29, 0.717) is 28.9 Å². The van der Waals surface area contributed by atoms with Gasteiger partial charge in [-0.2, -0.15) is 18.3 Å². The van der Waals surface area contributed by atoms with Crippen LogP contribution in [0.1, 0.15) is 52.9 Å². The lowest BCUT2D eigenvalue weighted by molar-refractivity contribution is -0.137. The molecular formula is C23H23F3N4O3. The fourth-order valence-electron chi connectivity index (χ4n) is 4.99. The monoisotopic (exact) mass is 460 g/mol. The quantitative estimate of drug-likeness (QED) is 0.705. The average molecular weight is 460 g/mol. The highest BCUT2D eigenvalue weighted by Crippen LogP contribution is 2.44. The van der Waals surface area contributed by atoms with Crippen LogP contribution in [0, 0.1) is 0 Å². The van der Waals surface area contributed by atoms with Gasteiger partial charge in [0, 0.05) is 38.0 Å². The van der Waals surface area contributed by atoms with Crippen molar-refractivity contribution in [3.8, 4) is 5.69 Å². The van der Waals surface area contributed by atoms with E-state index in [0.717, 1.165) is 12.8 Å². The highest BCUT2D eigenvalue weighted by Gasteiger charge is 2.42. The number of hydrogen-bond donors (Lipinski definition) is 1. The largest absolute Gasteiger partial charge is 0.465 e. The van der Waals surface area contributed by atoms with Gasteiger partial charge in [0.15, 0.2) is 0 Å². The summed E-state index contributed by atoms with van der Waals surface area (Å²) in [7, 11) is 0. The van der Waals surface area contributed by atoms with Gasteiger partial charge in [-0.05, 0) is 42.5 Å². The number of carboxylic acid groups (broad SMARTS) is 1. The summed E-state index contributed by atoms with van der Waals surface area (Å²) in [5.74, 6) is -0.143. The fourth-order valence-corrected chi connectivity index (χ4v) is 4.99. The molecule has 174 valence electrons. The molecule has 3 heterocycles. The van der Waals surface area contributed by atoms with Crippen LogP contribution in [-0.4, -0.2) is 56.3 Å². The maximum absolute atomic E-state index is 14.0. The number of nitrogens with zero attached hydrogens (tertiary/aromatic N) is 4. The molecule has 10 heteroatoms. The molecular weight excluding hydrogens is 437 g/mol. The Labute approximate surface area is 188 Å². The van der Waals surface area contributed by atoms with Crippen molar-refractivity contribution in [3.63, 3.8) is 0 Å². The Morgan fingerprint density at radius 2 is 1.94 bits per heavy atom. The van der Waals surface area contributed by atoms with E-state index in [4.69, 9.17) is 0 Å². The lowest BCUT2D eigenvalue weighted by Gasteiger charge is -2.36. The van der Waals surface area contributed by atoms with E-state index in [1.165, 1.54) is 32.7 Å². The molecule has 2 aromatic rings. The van der Waals surface area contributed by atoms with E-state index in [-0.39, 0.29) is 43.6 Å². The summed E-state index contributed by atoms with van der Waals surface area (Å²) in [4.78, 5) is 26.9. The van der Waals surface area contributed by atoms with Crippen LogP contribution >= 0.6 is 0 Å². The van der Waals surface area contributed by atoms with Gasteiger partial charge in [-0.15, -0.1) is 0 Å². The van der Waals surface area contributed by atoms with Gasteiger partial charge in [0.1, 0.15) is 0 Å². The molecule has 1 saturated carbocycles. The second-order valence-electron chi connectivity index (χ2n) is 8.75. The molecule has 1 N–H and O–H groups in total. The maximum atomic E-state index is 14.0. The van der Waals surface area contributed by atoms with Gasteiger partial charge in [0.05, 0.1) is 28.7 Å². The van der Waals surface area contributed by atoms with E-state index in [2.05, 4.69) is 11.7 Å². The highest BCUT2D eigenvalue weighted by atomic mass is 19.4. The van der Waals surface area contributed by atoms with Crippen LogP contribution in [0.25, 0.3) is 5.69 Å². The first kappa shape index (κ1) is 21.5. The number of carbonyl (C=O) groups is 2. The first-order valence-corrected chi connectivity index (χ1v) is 10.9. The van der Waals surface area contributed by atoms with Crippen LogP contribution in [0.5, 0.6) is 0 Å². The molecule has 5 rings (SSSR count). The number of hydrogen-bond acceptors (Lipinski definition) is 3. The highest BCUT2D eigenvalue weighted by molar-refractivity contribution is 5.87.